The molecule has 0 saturated carbocycles. The number of anilines is 1. The number of ether oxygens (including phenoxy) is 2. The molecule has 0 unspecified atom stereocenters. The first kappa shape index (κ1) is 20.6. The molecule has 8 nitrogen and oxygen atoms in total. The summed E-state index contributed by atoms with van der Waals surface area (Å²) in [6.45, 7) is 1.90. The van der Waals surface area contributed by atoms with Crippen LogP contribution in [0, 0.1) is 10.1 Å². The molecule has 2 aromatic rings. The van der Waals surface area contributed by atoms with E-state index in [0.29, 0.717) is 21.3 Å². The summed E-state index contributed by atoms with van der Waals surface area (Å²) in [7, 11) is 1.50. The van der Waals surface area contributed by atoms with Gasteiger partial charge in [0.05, 0.1) is 29.2 Å². The van der Waals surface area contributed by atoms with E-state index in [4.69, 9.17) is 21.7 Å². The van der Waals surface area contributed by atoms with Crippen LogP contribution >= 0.6 is 24.0 Å². The number of amides is 1. The summed E-state index contributed by atoms with van der Waals surface area (Å²) < 4.78 is 10.9. The number of aromatic hydroxyl groups is 1. The number of nitro groups is 1. The Labute approximate surface area is 175 Å². The molecule has 0 aromatic heterocycles. The molecule has 0 bridgehead atoms. The summed E-state index contributed by atoms with van der Waals surface area (Å²) in [5.74, 6) is -0.481. The first-order valence-corrected chi connectivity index (χ1v) is 9.65. The van der Waals surface area contributed by atoms with E-state index in [9.17, 15) is 20.0 Å². The lowest BCUT2D eigenvalue weighted by atomic mass is 10.1. The fraction of sp³-hybridized carbons (Fsp3) is 0.158. The number of hydrogen-bond acceptors (Lipinski definition) is 8. The molecule has 29 heavy (non-hydrogen) atoms. The molecule has 0 atom stereocenters. The van der Waals surface area contributed by atoms with Gasteiger partial charge in [-0.05, 0) is 36.8 Å². The zero-order chi connectivity index (χ0) is 21.1. The number of nitro benzene ring substituents is 1. The number of methoxy groups -OCH3 is 1. The van der Waals surface area contributed by atoms with Crippen LogP contribution in [-0.2, 0) is 4.79 Å². The van der Waals surface area contributed by atoms with Crippen LogP contribution in [0.3, 0.4) is 0 Å². The van der Waals surface area contributed by atoms with Crippen LogP contribution in [0.5, 0.6) is 17.2 Å². The van der Waals surface area contributed by atoms with Gasteiger partial charge in [-0.1, -0.05) is 36.1 Å². The van der Waals surface area contributed by atoms with Gasteiger partial charge in [-0.3, -0.25) is 19.8 Å². The molecule has 1 saturated heterocycles. The van der Waals surface area contributed by atoms with Crippen molar-refractivity contribution in [1.82, 2.24) is 0 Å². The number of carbonyl (C=O) groups is 1. The number of thioether (sulfide) groups is 1. The molecular formula is C19H16N2O6S2. The number of rotatable bonds is 6. The van der Waals surface area contributed by atoms with Gasteiger partial charge in [-0.2, -0.15) is 0 Å². The Bertz CT molecular complexity index is 1040. The third-order valence-corrected chi connectivity index (χ3v) is 5.29. The van der Waals surface area contributed by atoms with E-state index in [1.165, 1.54) is 30.2 Å². The Hall–Kier alpha value is -3.11. The van der Waals surface area contributed by atoms with Gasteiger partial charge in [-0.15, -0.1) is 0 Å². The molecule has 1 aliphatic heterocycles. The Morgan fingerprint density at radius 2 is 2.03 bits per heavy atom. The smallest absolute Gasteiger partial charge is 0.315 e. The monoisotopic (exact) mass is 432 g/mol. The van der Waals surface area contributed by atoms with Crippen LogP contribution in [0.1, 0.15) is 12.5 Å². The minimum Gasteiger partial charge on any atom is -0.500 e. The summed E-state index contributed by atoms with van der Waals surface area (Å²) >= 11 is 6.42. The minimum atomic E-state index is -0.713. The molecule has 1 heterocycles. The molecule has 150 valence electrons. The average molecular weight is 432 g/mol. The van der Waals surface area contributed by atoms with E-state index in [1.807, 2.05) is 0 Å². The Balaban J connectivity index is 2.03. The third-order valence-electron chi connectivity index (χ3n) is 3.99. The van der Waals surface area contributed by atoms with Gasteiger partial charge in [-0.25, -0.2) is 0 Å². The molecule has 3 rings (SSSR count). The van der Waals surface area contributed by atoms with Gasteiger partial charge in [0.15, 0.2) is 10.1 Å². The summed E-state index contributed by atoms with van der Waals surface area (Å²) in [4.78, 5) is 25.1. The summed E-state index contributed by atoms with van der Waals surface area (Å²) in [6, 6.07) is 9.58. The van der Waals surface area contributed by atoms with Gasteiger partial charge >= 0.3 is 5.69 Å². The normalized spacial score (nSPS) is 15.1. The zero-order valence-electron chi connectivity index (χ0n) is 15.4. The predicted octanol–water partition coefficient (Wildman–Crippen LogP) is 4.11. The highest BCUT2D eigenvalue weighted by atomic mass is 32.2. The van der Waals surface area contributed by atoms with Gasteiger partial charge < -0.3 is 14.6 Å². The maximum Gasteiger partial charge on any atom is 0.315 e. The Kier molecular flexibility index (Phi) is 6.04. The lowest BCUT2D eigenvalue weighted by molar-refractivity contribution is -0.386. The Morgan fingerprint density at radius 3 is 2.69 bits per heavy atom. The standard InChI is InChI=1S/C19H16N2O6S2/c1-3-27-15-9-11(8-13(17(15)22)21(24)25)10-16-18(23)20(19(28)29-16)12-6-4-5-7-14(12)26-2/h4-10,22H,3H2,1-2H3/b16-10-. The van der Waals surface area contributed by atoms with Crippen LogP contribution in [-0.4, -0.2) is 34.0 Å². The van der Waals surface area contributed by atoms with Crippen LogP contribution in [0.25, 0.3) is 6.08 Å². The number of para-hydroxylation sites is 2. The van der Waals surface area contributed by atoms with Crippen molar-refractivity contribution < 1.29 is 24.3 Å². The predicted molar refractivity (Wildman–Crippen MR) is 115 cm³/mol. The first-order valence-electron chi connectivity index (χ1n) is 8.42. The number of carbonyl (C=O) groups excluding carboxylic acids is 1. The second-order valence-electron chi connectivity index (χ2n) is 5.77. The third kappa shape index (κ3) is 4.03. The molecule has 1 N–H and O–H groups in total. The molecule has 0 spiro atoms. The highest BCUT2D eigenvalue weighted by Crippen LogP contribution is 2.42. The van der Waals surface area contributed by atoms with Crippen molar-refractivity contribution in [1.29, 1.82) is 0 Å². The average Bonchev–Trinajstić information content (AvgIpc) is 2.97. The molecule has 0 aliphatic carbocycles. The topological polar surface area (TPSA) is 102 Å². The van der Waals surface area contributed by atoms with Crippen molar-refractivity contribution >= 4 is 51.7 Å². The van der Waals surface area contributed by atoms with Crippen LogP contribution < -0.4 is 14.4 Å². The molecule has 1 fully saturated rings. The number of nitrogens with zero attached hydrogens (tertiary/aromatic N) is 2. The van der Waals surface area contributed by atoms with Crippen molar-refractivity contribution in [3.8, 4) is 17.2 Å². The van der Waals surface area contributed by atoms with E-state index < -0.39 is 16.4 Å². The van der Waals surface area contributed by atoms with E-state index in [2.05, 4.69) is 0 Å². The maximum atomic E-state index is 13.0. The molecule has 0 radical (unpaired) electrons. The second-order valence-corrected chi connectivity index (χ2v) is 7.44. The molecule has 1 amide bonds. The van der Waals surface area contributed by atoms with Crippen LogP contribution in [0.2, 0.25) is 0 Å². The van der Waals surface area contributed by atoms with Crippen LogP contribution in [0.15, 0.2) is 41.3 Å². The van der Waals surface area contributed by atoms with Crippen molar-refractivity contribution in [2.75, 3.05) is 18.6 Å². The zero-order valence-corrected chi connectivity index (χ0v) is 17.1. The van der Waals surface area contributed by atoms with Gasteiger partial charge in [0, 0.05) is 6.07 Å². The molecule has 1 aliphatic rings. The molecule has 10 heteroatoms. The van der Waals surface area contributed by atoms with E-state index >= 15 is 0 Å². The highest BCUT2D eigenvalue weighted by molar-refractivity contribution is 8.27. The lowest BCUT2D eigenvalue weighted by Crippen LogP contribution is -2.27. The van der Waals surface area contributed by atoms with Crippen molar-refractivity contribution in [2.24, 2.45) is 0 Å². The Morgan fingerprint density at radius 1 is 1.31 bits per heavy atom. The van der Waals surface area contributed by atoms with E-state index in [0.717, 1.165) is 11.8 Å². The van der Waals surface area contributed by atoms with Crippen LogP contribution in [0.4, 0.5) is 11.4 Å². The fourth-order valence-electron chi connectivity index (χ4n) is 2.74. The van der Waals surface area contributed by atoms with Gasteiger partial charge in [0.25, 0.3) is 5.91 Å². The van der Waals surface area contributed by atoms with Crippen molar-refractivity contribution in [2.45, 2.75) is 6.92 Å². The summed E-state index contributed by atoms with van der Waals surface area (Å²) in [5, 5.41) is 21.3. The summed E-state index contributed by atoms with van der Waals surface area (Å²) in [5.41, 5.74) is 0.327. The number of thiocarbonyl (C=S) groups is 1. The second kappa shape index (κ2) is 8.50. The molecule has 2 aromatic carbocycles. The number of benzene rings is 2. The number of hydrogen-bond donors (Lipinski definition) is 1. The maximum absolute atomic E-state index is 13.0. The quantitative estimate of drug-likeness (QED) is 0.315. The first-order chi connectivity index (χ1) is 13.9. The van der Waals surface area contributed by atoms with E-state index in [-0.39, 0.29) is 23.2 Å². The van der Waals surface area contributed by atoms with Gasteiger partial charge in [0.1, 0.15) is 5.75 Å². The number of phenolic OH excluding ortho intramolecular Hbond substituents is 1. The van der Waals surface area contributed by atoms with Crippen molar-refractivity contribution in [3.63, 3.8) is 0 Å². The lowest BCUT2D eigenvalue weighted by Gasteiger charge is -2.17. The number of phenols is 1. The van der Waals surface area contributed by atoms with Crippen molar-refractivity contribution in [3.05, 3.63) is 57.0 Å². The molecular weight excluding hydrogens is 416 g/mol. The van der Waals surface area contributed by atoms with Gasteiger partial charge in [0.2, 0.25) is 5.75 Å². The summed E-state index contributed by atoms with van der Waals surface area (Å²) in [6.07, 6.45) is 1.48. The fourth-order valence-corrected chi connectivity index (χ4v) is 4.03. The highest BCUT2D eigenvalue weighted by Gasteiger charge is 2.35. The SMILES string of the molecule is CCOc1cc(/C=C2\SC(=S)N(c3ccccc3OC)C2=O)cc([N+](=O)[O-])c1O. The minimum absolute atomic E-state index is 0.0341. The van der Waals surface area contributed by atoms with E-state index in [1.54, 1.807) is 31.2 Å². The largest absolute Gasteiger partial charge is 0.500 e.